The fraction of sp³-hybridized carbons (Fsp3) is 0.750. The van der Waals surface area contributed by atoms with Crippen molar-refractivity contribution in [1.29, 1.82) is 0 Å². The highest BCUT2D eigenvalue weighted by Crippen LogP contribution is 2.16. The lowest BCUT2D eigenvalue weighted by atomic mass is 9.97. The van der Waals surface area contributed by atoms with Gasteiger partial charge in [0.05, 0.1) is 0 Å². The Kier molecular flexibility index (Phi) is 14.2. The summed E-state index contributed by atoms with van der Waals surface area (Å²) < 4.78 is 0. The zero-order chi connectivity index (χ0) is 16.6. The Morgan fingerprint density at radius 1 is 1.09 bits per heavy atom. The molecule has 1 atom stereocenters. The van der Waals surface area contributed by atoms with Crippen molar-refractivity contribution in [2.24, 2.45) is 5.92 Å². The van der Waals surface area contributed by atoms with E-state index in [0.717, 1.165) is 38.0 Å². The molecule has 2 nitrogen and oxygen atoms in total. The van der Waals surface area contributed by atoms with Crippen LogP contribution in [0.3, 0.4) is 0 Å². The quantitative estimate of drug-likeness (QED) is 0.293. The van der Waals surface area contributed by atoms with Crippen LogP contribution in [0.5, 0.6) is 0 Å². The molecule has 2 heteroatoms. The maximum atomic E-state index is 10.4. The second-order valence-electron chi connectivity index (χ2n) is 6.56. The Morgan fingerprint density at radius 3 is 2.45 bits per heavy atom. The number of carboxylic acid groups (broad SMARTS) is 1. The Morgan fingerprint density at radius 2 is 1.77 bits per heavy atom. The van der Waals surface area contributed by atoms with E-state index in [4.69, 9.17) is 5.11 Å². The van der Waals surface area contributed by atoms with E-state index in [1.165, 1.54) is 37.7 Å². The zero-order valence-corrected chi connectivity index (χ0v) is 14.9. The monoisotopic (exact) mass is 308 g/mol. The van der Waals surface area contributed by atoms with E-state index in [1.54, 1.807) is 0 Å². The van der Waals surface area contributed by atoms with Crippen LogP contribution in [0.15, 0.2) is 23.8 Å². The first-order chi connectivity index (χ1) is 10.6. The standard InChI is InChI=1S/C20H36O2/c1-4-14-18(2)17-19(3)15-12-10-8-6-5-7-9-11-13-16-20(21)22/h8,10,15,18H,4-7,9,11-14,16-17H2,1-3H3,(H,21,22)/b10-8-,19-15-. The largest absolute Gasteiger partial charge is 0.481 e. The molecule has 0 aromatic carbocycles. The number of carboxylic acids is 1. The molecule has 0 saturated carbocycles. The van der Waals surface area contributed by atoms with Crippen LogP contribution in [0.25, 0.3) is 0 Å². The average Bonchev–Trinajstić information content (AvgIpc) is 2.44. The molecule has 0 radical (unpaired) electrons. The maximum Gasteiger partial charge on any atom is 0.303 e. The van der Waals surface area contributed by atoms with Crippen molar-refractivity contribution in [3.8, 4) is 0 Å². The molecule has 0 bridgehead atoms. The second kappa shape index (κ2) is 14.9. The highest BCUT2D eigenvalue weighted by Gasteiger charge is 2.00. The minimum Gasteiger partial charge on any atom is -0.481 e. The van der Waals surface area contributed by atoms with Crippen molar-refractivity contribution < 1.29 is 9.90 Å². The van der Waals surface area contributed by atoms with E-state index in [0.29, 0.717) is 6.42 Å². The minimum absolute atomic E-state index is 0.322. The van der Waals surface area contributed by atoms with E-state index in [1.807, 2.05) is 0 Å². The molecule has 1 N–H and O–H groups in total. The van der Waals surface area contributed by atoms with Gasteiger partial charge in [0.25, 0.3) is 0 Å². The van der Waals surface area contributed by atoms with E-state index in [9.17, 15) is 4.79 Å². The predicted molar refractivity (Wildman–Crippen MR) is 96.2 cm³/mol. The smallest absolute Gasteiger partial charge is 0.303 e. The lowest BCUT2D eigenvalue weighted by Crippen LogP contribution is -1.94. The van der Waals surface area contributed by atoms with Gasteiger partial charge in [-0.2, -0.15) is 0 Å². The van der Waals surface area contributed by atoms with Gasteiger partial charge in [0, 0.05) is 6.42 Å². The molecule has 0 amide bonds. The Labute approximate surface area is 137 Å². The summed E-state index contributed by atoms with van der Waals surface area (Å²) in [4.78, 5) is 10.4. The van der Waals surface area contributed by atoms with E-state index >= 15 is 0 Å². The van der Waals surface area contributed by atoms with Crippen LogP contribution in [0, 0.1) is 5.92 Å². The van der Waals surface area contributed by atoms with Gasteiger partial charge in [-0.15, -0.1) is 0 Å². The summed E-state index contributed by atoms with van der Waals surface area (Å²) in [5.74, 6) is 0.140. The van der Waals surface area contributed by atoms with Crippen LogP contribution in [0.1, 0.15) is 91.4 Å². The van der Waals surface area contributed by atoms with Crippen molar-refractivity contribution in [2.45, 2.75) is 91.4 Å². The Balaban J connectivity index is 3.48. The molecule has 0 fully saturated rings. The van der Waals surface area contributed by atoms with Gasteiger partial charge in [-0.3, -0.25) is 4.79 Å². The third-order valence-corrected chi connectivity index (χ3v) is 3.98. The van der Waals surface area contributed by atoms with Gasteiger partial charge < -0.3 is 5.11 Å². The molecule has 0 aromatic heterocycles. The van der Waals surface area contributed by atoms with Gasteiger partial charge >= 0.3 is 5.97 Å². The predicted octanol–water partition coefficient (Wildman–Crippen LogP) is 6.52. The van der Waals surface area contributed by atoms with Gasteiger partial charge in [-0.05, 0) is 44.9 Å². The second-order valence-corrected chi connectivity index (χ2v) is 6.56. The maximum absolute atomic E-state index is 10.4. The summed E-state index contributed by atoms with van der Waals surface area (Å²) in [7, 11) is 0. The van der Waals surface area contributed by atoms with E-state index in [2.05, 4.69) is 39.0 Å². The molecule has 0 aliphatic heterocycles. The molecule has 1 unspecified atom stereocenters. The highest BCUT2D eigenvalue weighted by molar-refractivity contribution is 5.66. The summed E-state index contributed by atoms with van der Waals surface area (Å²) in [5.41, 5.74) is 1.52. The van der Waals surface area contributed by atoms with Crippen LogP contribution < -0.4 is 0 Å². The summed E-state index contributed by atoms with van der Waals surface area (Å²) in [6, 6.07) is 0. The van der Waals surface area contributed by atoms with Crippen molar-refractivity contribution in [2.75, 3.05) is 0 Å². The average molecular weight is 309 g/mol. The van der Waals surface area contributed by atoms with Crippen LogP contribution in [-0.2, 0) is 4.79 Å². The first kappa shape index (κ1) is 20.9. The van der Waals surface area contributed by atoms with Crippen LogP contribution in [0.2, 0.25) is 0 Å². The van der Waals surface area contributed by atoms with Gasteiger partial charge in [0.1, 0.15) is 0 Å². The zero-order valence-electron chi connectivity index (χ0n) is 14.9. The Hall–Kier alpha value is -1.05. The van der Waals surface area contributed by atoms with Crippen molar-refractivity contribution in [3.05, 3.63) is 23.8 Å². The van der Waals surface area contributed by atoms with E-state index < -0.39 is 5.97 Å². The first-order valence-corrected chi connectivity index (χ1v) is 9.08. The molecule has 0 aliphatic carbocycles. The third kappa shape index (κ3) is 15.3. The highest BCUT2D eigenvalue weighted by atomic mass is 16.4. The molecule has 0 aromatic rings. The van der Waals surface area contributed by atoms with Crippen molar-refractivity contribution in [3.63, 3.8) is 0 Å². The fourth-order valence-corrected chi connectivity index (χ4v) is 2.78. The van der Waals surface area contributed by atoms with Crippen LogP contribution >= 0.6 is 0 Å². The number of allylic oxidation sites excluding steroid dienone is 4. The van der Waals surface area contributed by atoms with Crippen molar-refractivity contribution in [1.82, 2.24) is 0 Å². The van der Waals surface area contributed by atoms with Crippen molar-refractivity contribution >= 4 is 5.97 Å². The molecule has 0 aliphatic rings. The van der Waals surface area contributed by atoms with Gasteiger partial charge in [-0.1, -0.05) is 69.8 Å². The lowest BCUT2D eigenvalue weighted by Gasteiger charge is -2.09. The first-order valence-electron chi connectivity index (χ1n) is 9.08. The lowest BCUT2D eigenvalue weighted by molar-refractivity contribution is -0.137. The number of carbonyl (C=O) groups is 1. The summed E-state index contributed by atoms with van der Waals surface area (Å²) in [6.45, 7) is 6.84. The number of unbranched alkanes of at least 4 members (excludes halogenated alkanes) is 5. The number of hydrogen-bond donors (Lipinski definition) is 1. The van der Waals surface area contributed by atoms with Crippen LogP contribution in [0.4, 0.5) is 0 Å². The molecular weight excluding hydrogens is 272 g/mol. The van der Waals surface area contributed by atoms with Gasteiger partial charge in [0.2, 0.25) is 0 Å². The molecule has 0 rings (SSSR count). The fourth-order valence-electron chi connectivity index (χ4n) is 2.78. The molecule has 0 spiro atoms. The number of aliphatic carboxylic acids is 1. The number of rotatable bonds is 14. The molecule has 22 heavy (non-hydrogen) atoms. The topological polar surface area (TPSA) is 37.3 Å². The summed E-state index contributed by atoms with van der Waals surface area (Å²) >= 11 is 0. The van der Waals surface area contributed by atoms with Gasteiger partial charge in [-0.25, -0.2) is 0 Å². The SMILES string of the molecule is CCCC(C)C/C(C)=C\C/C=C\CCCCCCCC(=O)O. The van der Waals surface area contributed by atoms with Crippen LogP contribution in [-0.4, -0.2) is 11.1 Å². The third-order valence-electron chi connectivity index (χ3n) is 3.98. The minimum atomic E-state index is -0.671. The Bertz CT molecular complexity index is 329. The molecular formula is C20H36O2. The molecule has 128 valence electrons. The normalized spacial score (nSPS) is 13.7. The number of hydrogen-bond acceptors (Lipinski definition) is 1. The molecule has 0 heterocycles. The summed E-state index contributed by atoms with van der Waals surface area (Å²) in [5, 5.41) is 8.54. The molecule has 0 saturated heterocycles. The van der Waals surface area contributed by atoms with E-state index in [-0.39, 0.29) is 0 Å². The summed E-state index contributed by atoms with van der Waals surface area (Å²) in [6.07, 6.45) is 18.8. The van der Waals surface area contributed by atoms with Gasteiger partial charge in [0.15, 0.2) is 0 Å².